The van der Waals surface area contributed by atoms with Crippen LogP contribution in [0.15, 0.2) is 150 Å². The molecule has 0 aliphatic carbocycles. The smallest absolute Gasteiger partial charge is 0.256 e. The van der Waals surface area contributed by atoms with Gasteiger partial charge in [-0.2, -0.15) is 0 Å². The van der Waals surface area contributed by atoms with E-state index >= 15 is 0 Å². The van der Waals surface area contributed by atoms with Crippen LogP contribution in [0, 0.1) is 0 Å². The zero-order valence-electron chi connectivity index (χ0n) is 31.3. The molecule has 0 atom stereocenters. The van der Waals surface area contributed by atoms with Gasteiger partial charge in [-0.15, -0.1) is 0 Å². The average Bonchev–Trinajstić information content (AvgIpc) is 3.58. The number of benzene rings is 7. The van der Waals surface area contributed by atoms with Crippen molar-refractivity contribution < 1.29 is 9.15 Å². The van der Waals surface area contributed by atoms with Crippen molar-refractivity contribution in [2.45, 2.75) is 52.4 Å². The Morgan fingerprint density at radius 1 is 0.593 bits per heavy atom. The van der Waals surface area contributed by atoms with E-state index in [0.717, 1.165) is 64.1 Å². The SMILES string of the molecule is CCCCc1ccc2c(oc3ccccc32)c1N1c2ccc(-c3ccccc3)cc2B2c3cc(-c4ccccc4)ccc3Oc3cc(C(C)(C)C)cc1c32. The number of nitrogens with zero attached hydrogens (tertiary/aromatic N) is 1. The molecule has 0 fully saturated rings. The lowest BCUT2D eigenvalue weighted by atomic mass is 9.34. The molecule has 10 rings (SSSR count). The highest BCUT2D eigenvalue weighted by Crippen LogP contribution is 2.48. The number of hydrogen-bond acceptors (Lipinski definition) is 3. The second-order valence-electron chi connectivity index (χ2n) is 15.9. The van der Waals surface area contributed by atoms with Crippen molar-refractivity contribution in [3.8, 4) is 33.8 Å². The highest BCUT2D eigenvalue weighted by molar-refractivity contribution is 6.99. The van der Waals surface area contributed by atoms with E-state index in [2.05, 4.69) is 178 Å². The van der Waals surface area contributed by atoms with Crippen LogP contribution in [0.25, 0.3) is 44.2 Å². The maximum atomic E-state index is 7.05. The van der Waals surface area contributed by atoms with Crippen LogP contribution in [0.3, 0.4) is 0 Å². The summed E-state index contributed by atoms with van der Waals surface area (Å²) in [6.45, 7) is 9.11. The molecule has 8 aromatic rings. The molecule has 0 bridgehead atoms. The zero-order valence-corrected chi connectivity index (χ0v) is 31.3. The van der Waals surface area contributed by atoms with Gasteiger partial charge in [-0.3, -0.25) is 0 Å². The fourth-order valence-corrected chi connectivity index (χ4v) is 8.68. The number of furan rings is 1. The molecule has 4 heteroatoms. The first-order valence-corrected chi connectivity index (χ1v) is 19.4. The van der Waals surface area contributed by atoms with Gasteiger partial charge in [0.15, 0.2) is 5.58 Å². The molecule has 1 aromatic heterocycles. The van der Waals surface area contributed by atoms with E-state index in [1.165, 1.54) is 55.5 Å². The van der Waals surface area contributed by atoms with Gasteiger partial charge in [0.05, 0.1) is 5.69 Å². The van der Waals surface area contributed by atoms with E-state index in [1.54, 1.807) is 0 Å². The molecule has 7 aromatic carbocycles. The molecular formula is C50H42BNO2. The molecule has 262 valence electrons. The number of ether oxygens (including phenoxy) is 1. The van der Waals surface area contributed by atoms with E-state index < -0.39 is 0 Å². The van der Waals surface area contributed by atoms with Crippen molar-refractivity contribution in [1.29, 1.82) is 0 Å². The quantitative estimate of drug-likeness (QED) is 0.162. The van der Waals surface area contributed by atoms with Gasteiger partial charge in [-0.05, 0) is 98.4 Å². The van der Waals surface area contributed by atoms with Gasteiger partial charge in [0.25, 0.3) is 6.71 Å². The van der Waals surface area contributed by atoms with Crippen LogP contribution < -0.4 is 26.0 Å². The fourth-order valence-electron chi connectivity index (χ4n) is 8.68. The Balaban J connectivity index is 1.32. The molecule has 3 nitrogen and oxygen atoms in total. The number of fused-ring (bicyclic) bond motifs is 7. The summed E-state index contributed by atoms with van der Waals surface area (Å²) < 4.78 is 14.0. The van der Waals surface area contributed by atoms with Gasteiger partial charge < -0.3 is 14.1 Å². The minimum absolute atomic E-state index is 0.0414. The van der Waals surface area contributed by atoms with E-state index in [4.69, 9.17) is 9.15 Å². The molecule has 0 N–H and O–H groups in total. The average molecular weight is 700 g/mol. The summed E-state index contributed by atoms with van der Waals surface area (Å²) in [6, 6.07) is 53.0. The molecule has 2 aliphatic rings. The summed E-state index contributed by atoms with van der Waals surface area (Å²) >= 11 is 0. The molecule has 0 unspecified atom stereocenters. The molecule has 0 amide bonds. The summed E-state index contributed by atoms with van der Waals surface area (Å²) in [5.41, 5.74) is 16.2. The van der Waals surface area contributed by atoms with Crippen LogP contribution in [-0.4, -0.2) is 6.71 Å². The van der Waals surface area contributed by atoms with Crippen LogP contribution in [0.2, 0.25) is 0 Å². The lowest BCUT2D eigenvalue weighted by molar-refractivity contribution is 0.483. The summed E-state index contributed by atoms with van der Waals surface area (Å²) in [6.07, 6.45) is 3.16. The first-order valence-electron chi connectivity index (χ1n) is 19.4. The Kier molecular flexibility index (Phi) is 7.59. The molecule has 0 saturated heterocycles. The van der Waals surface area contributed by atoms with E-state index in [1.807, 2.05) is 0 Å². The number of aryl methyl sites for hydroxylation is 1. The molecule has 3 heterocycles. The van der Waals surface area contributed by atoms with Gasteiger partial charge in [-0.1, -0.05) is 149 Å². The van der Waals surface area contributed by atoms with Crippen LogP contribution >= 0.6 is 0 Å². The standard InChI is InChI=1S/C50H42BNO2/c1-5-6-15-34-22-25-39-38-20-13-14-21-44(38)54-49(39)48(34)52-42-26-23-35(32-16-9-7-10-17-32)28-40(42)51-41-29-36(33-18-11-8-12-19-33)24-27-45(41)53-46-31-37(50(2,3)4)30-43(52)47(46)51/h7-14,16-31H,5-6,15H2,1-4H3. The first-order chi connectivity index (χ1) is 26.4. The lowest BCUT2D eigenvalue weighted by Gasteiger charge is -2.42. The molecular weight excluding hydrogens is 657 g/mol. The van der Waals surface area contributed by atoms with Gasteiger partial charge >= 0.3 is 0 Å². The molecule has 2 aliphatic heterocycles. The largest absolute Gasteiger partial charge is 0.458 e. The van der Waals surface area contributed by atoms with Gasteiger partial charge in [0.1, 0.15) is 17.1 Å². The van der Waals surface area contributed by atoms with E-state index in [9.17, 15) is 0 Å². The number of unbranched alkanes of at least 4 members (excludes halogenated alkanes) is 1. The van der Waals surface area contributed by atoms with Gasteiger partial charge in [0, 0.05) is 22.1 Å². The van der Waals surface area contributed by atoms with Crippen LogP contribution in [0.1, 0.15) is 51.7 Å². The topological polar surface area (TPSA) is 25.6 Å². The van der Waals surface area contributed by atoms with Crippen molar-refractivity contribution in [3.63, 3.8) is 0 Å². The fraction of sp³-hybridized carbons (Fsp3) is 0.160. The molecule has 54 heavy (non-hydrogen) atoms. The zero-order chi connectivity index (χ0) is 36.6. The molecule has 0 spiro atoms. The lowest BCUT2D eigenvalue weighted by Crippen LogP contribution is -2.59. The van der Waals surface area contributed by atoms with Crippen molar-refractivity contribution in [3.05, 3.63) is 157 Å². The Morgan fingerprint density at radius 2 is 1.28 bits per heavy atom. The number of hydrogen-bond donors (Lipinski definition) is 0. The maximum Gasteiger partial charge on any atom is 0.256 e. The third-order valence-corrected chi connectivity index (χ3v) is 11.5. The Hall–Kier alpha value is -6.00. The highest BCUT2D eigenvalue weighted by Gasteiger charge is 2.44. The molecule has 0 saturated carbocycles. The van der Waals surface area contributed by atoms with Crippen molar-refractivity contribution in [1.82, 2.24) is 0 Å². The molecule has 0 radical (unpaired) electrons. The summed E-state index contributed by atoms with van der Waals surface area (Å²) in [7, 11) is 0. The third kappa shape index (κ3) is 5.19. The highest BCUT2D eigenvalue weighted by atomic mass is 16.5. The van der Waals surface area contributed by atoms with Crippen LogP contribution in [0.4, 0.5) is 17.1 Å². The first kappa shape index (κ1) is 32.6. The predicted octanol–water partition coefficient (Wildman–Crippen LogP) is 12.0. The number of para-hydroxylation sites is 1. The Labute approximate surface area is 317 Å². The van der Waals surface area contributed by atoms with Gasteiger partial charge in [-0.25, -0.2) is 0 Å². The van der Waals surface area contributed by atoms with Crippen molar-refractivity contribution >= 4 is 62.1 Å². The van der Waals surface area contributed by atoms with Gasteiger partial charge in [0.2, 0.25) is 0 Å². The second kappa shape index (κ2) is 12.6. The minimum Gasteiger partial charge on any atom is -0.458 e. The monoisotopic (exact) mass is 699 g/mol. The van der Waals surface area contributed by atoms with E-state index in [-0.39, 0.29) is 12.1 Å². The Bertz CT molecular complexity index is 2720. The summed E-state index contributed by atoms with van der Waals surface area (Å²) in [5, 5.41) is 2.28. The van der Waals surface area contributed by atoms with Crippen molar-refractivity contribution in [2.75, 3.05) is 4.90 Å². The normalized spacial score (nSPS) is 13.1. The minimum atomic E-state index is -0.110. The summed E-state index contributed by atoms with van der Waals surface area (Å²) in [5.74, 6) is 1.84. The second-order valence-corrected chi connectivity index (χ2v) is 15.9. The number of rotatable bonds is 6. The summed E-state index contributed by atoms with van der Waals surface area (Å²) in [4.78, 5) is 2.53. The van der Waals surface area contributed by atoms with E-state index in [0.29, 0.717) is 0 Å². The number of anilines is 3. The maximum absolute atomic E-state index is 7.05. The predicted molar refractivity (Wildman–Crippen MR) is 228 cm³/mol. The van der Waals surface area contributed by atoms with Crippen molar-refractivity contribution in [2.24, 2.45) is 0 Å². The van der Waals surface area contributed by atoms with Crippen LogP contribution in [0.5, 0.6) is 11.5 Å². The third-order valence-electron chi connectivity index (χ3n) is 11.5. The Morgan fingerprint density at radius 3 is 2.00 bits per heavy atom. The van der Waals surface area contributed by atoms with Crippen LogP contribution in [-0.2, 0) is 11.8 Å².